The summed E-state index contributed by atoms with van der Waals surface area (Å²) in [6.07, 6.45) is 6.08. The average molecular weight is 244 g/mol. The van der Waals surface area contributed by atoms with Crippen LogP contribution in [0.2, 0.25) is 0 Å². The van der Waals surface area contributed by atoms with E-state index >= 15 is 0 Å². The fourth-order valence-electron chi connectivity index (χ4n) is 2.35. The Bertz CT molecular complexity index is 462. The average Bonchev–Trinajstić information content (AvgIpc) is 2.33. The fraction of sp³-hybridized carbons (Fsp3) is 0.400. The van der Waals surface area contributed by atoms with Gasteiger partial charge < -0.3 is 4.74 Å². The third-order valence-corrected chi connectivity index (χ3v) is 3.50. The highest BCUT2D eigenvalue weighted by Gasteiger charge is 2.26. The van der Waals surface area contributed by atoms with Crippen LogP contribution in [0, 0.1) is 6.92 Å². The van der Waals surface area contributed by atoms with Crippen LogP contribution in [-0.2, 0) is 11.3 Å². The Morgan fingerprint density at radius 2 is 2.06 bits per heavy atom. The van der Waals surface area contributed by atoms with E-state index in [-0.39, 0.29) is 0 Å². The molecule has 0 unspecified atom stereocenters. The van der Waals surface area contributed by atoms with Gasteiger partial charge in [0.2, 0.25) is 0 Å². The molecule has 1 fully saturated rings. The maximum absolute atomic E-state index is 5.28. The maximum atomic E-state index is 5.28. The molecule has 0 aliphatic carbocycles. The highest BCUT2D eigenvalue weighted by molar-refractivity contribution is 5.67. The van der Waals surface area contributed by atoms with Crippen LogP contribution in [0.4, 0.5) is 0 Å². The summed E-state index contributed by atoms with van der Waals surface area (Å²) in [6, 6.07) is 0. The highest BCUT2D eigenvalue weighted by atomic mass is 16.5. The molecule has 1 saturated heterocycles. The quantitative estimate of drug-likeness (QED) is 0.795. The van der Waals surface area contributed by atoms with Crippen LogP contribution >= 0.6 is 0 Å². The van der Waals surface area contributed by atoms with Gasteiger partial charge in [-0.2, -0.15) is 0 Å². The van der Waals surface area contributed by atoms with E-state index in [9.17, 15) is 0 Å². The van der Waals surface area contributed by atoms with Crippen molar-refractivity contribution in [2.75, 3.05) is 20.2 Å². The van der Waals surface area contributed by atoms with Gasteiger partial charge in [-0.3, -0.25) is 9.88 Å². The number of aryl methyl sites for hydroxylation is 1. The molecule has 2 heterocycles. The van der Waals surface area contributed by atoms with Gasteiger partial charge in [0.15, 0.2) is 0 Å². The molecule has 1 aliphatic rings. The maximum Gasteiger partial charge on any atom is 0.0825 e. The number of ether oxygens (including phenoxy) is 1. The van der Waals surface area contributed by atoms with Gasteiger partial charge in [-0.1, -0.05) is 25.3 Å². The predicted molar refractivity (Wildman–Crippen MR) is 75.2 cm³/mol. The summed E-state index contributed by atoms with van der Waals surface area (Å²) in [5, 5.41) is 0. The van der Waals surface area contributed by atoms with E-state index in [1.807, 2.05) is 25.3 Å². The van der Waals surface area contributed by atoms with E-state index in [0.29, 0.717) is 6.10 Å². The first-order valence-corrected chi connectivity index (χ1v) is 6.18. The Labute approximate surface area is 109 Å². The molecular formula is C15H20N2O. The van der Waals surface area contributed by atoms with Crippen LogP contribution in [0.15, 0.2) is 19.4 Å². The molecule has 0 bridgehead atoms. The zero-order valence-electron chi connectivity index (χ0n) is 11.1. The zero-order valence-corrected chi connectivity index (χ0v) is 11.1. The van der Waals surface area contributed by atoms with Crippen LogP contribution in [0.3, 0.4) is 0 Å². The lowest BCUT2D eigenvalue weighted by Gasteiger charge is -2.38. The van der Waals surface area contributed by atoms with E-state index in [4.69, 9.17) is 4.74 Å². The lowest BCUT2D eigenvalue weighted by Crippen LogP contribution is -2.51. The monoisotopic (exact) mass is 244 g/mol. The van der Waals surface area contributed by atoms with Gasteiger partial charge in [-0.15, -0.1) is 0 Å². The summed E-state index contributed by atoms with van der Waals surface area (Å²) in [6.45, 7) is 12.6. The van der Waals surface area contributed by atoms with Crippen molar-refractivity contribution in [3.05, 3.63) is 41.7 Å². The first-order valence-electron chi connectivity index (χ1n) is 6.18. The molecule has 0 spiro atoms. The van der Waals surface area contributed by atoms with Gasteiger partial charge in [-0.05, 0) is 18.1 Å². The van der Waals surface area contributed by atoms with Gasteiger partial charge in [0, 0.05) is 44.2 Å². The van der Waals surface area contributed by atoms with Crippen molar-refractivity contribution in [3.63, 3.8) is 0 Å². The lowest BCUT2D eigenvalue weighted by atomic mass is 10.00. The first kappa shape index (κ1) is 13.0. The van der Waals surface area contributed by atoms with E-state index in [1.54, 1.807) is 7.11 Å². The number of hydrogen-bond donors (Lipinski definition) is 0. The predicted octanol–water partition coefficient (Wildman–Crippen LogP) is 2.51. The molecule has 0 N–H and O–H groups in total. The number of methoxy groups -OCH3 is 1. The molecule has 1 aromatic heterocycles. The van der Waals surface area contributed by atoms with Crippen molar-refractivity contribution in [1.82, 2.24) is 9.88 Å². The lowest BCUT2D eigenvalue weighted by molar-refractivity contribution is -0.0334. The number of likely N-dealkylation sites (tertiary alicyclic amines) is 1. The van der Waals surface area contributed by atoms with Crippen LogP contribution in [0.25, 0.3) is 12.2 Å². The largest absolute Gasteiger partial charge is 0.379 e. The topological polar surface area (TPSA) is 25.4 Å². The second-order valence-corrected chi connectivity index (χ2v) is 4.66. The molecule has 1 aliphatic heterocycles. The van der Waals surface area contributed by atoms with Crippen molar-refractivity contribution in [3.8, 4) is 0 Å². The molecule has 3 heteroatoms. The number of aromatic nitrogens is 1. The number of rotatable bonds is 5. The van der Waals surface area contributed by atoms with Crippen LogP contribution in [0.5, 0.6) is 0 Å². The third kappa shape index (κ3) is 2.37. The van der Waals surface area contributed by atoms with E-state index < -0.39 is 0 Å². The first-order chi connectivity index (χ1) is 8.69. The highest BCUT2D eigenvalue weighted by Crippen LogP contribution is 2.23. The molecule has 0 radical (unpaired) electrons. The van der Waals surface area contributed by atoms with Gasteiger partial charge in [-0.25, -0.2) is 0 Å². The van der Waals surface area contributed by atoms with Crippen LogP contribution < -0.4 is 0 Å². The molecule has 0 amide bonds. The van der Waals surface area contributed by atoms with Crippen molar-refractivity contribution in [2.24, 2.45) is 0 Å². The van der Waals surface area contributed by atoms with Gasteiger partial charge in [0.1, 0.15) is 0 Å². The number of hydrogen-bond acceptors (Lipinski definition) is 3. The summed E-state index contributed by atoms with van der Waals surface area (Å²) in [4.78, 5) is 6.78. The summed E-state index contributed by atoms with van der Waals surface area (Å²) < 4.78 is 5.28. The van der Waals surface area contributed by atoms with Crippen LogP contribution in [0.1, 0.15) is 22.4 Å². The molecule has 0 atom stereocenters. The molecule has 0 saturated carbocycles. The molecule has 96 valence electrons. The normalized spacial score (nSPS) is 16.3. The van der Waals surface area contributed by atoms with Crippen molar-refractivity contribution < 1.29 is 4.74 Å². The molecule has 2 rings (SSSR count). The SMILES string of the molecule is C=Cc1c(CN2CC(OC)C2)cnc(C)c1C=C. The van der Waals surface area contributed by atoms with E-state index in [0.717, 1.165) is 36.5 Å². The molecule has 18 heavy (non-hydrogen) atoms. The number of pyridine rings is 1. The Hall–Kier alpha value is -1.45. The van der Waals surface area contributed by atoms with Crippen molar-refractivity contribution in [2.45, 2.75) is 19.6 Å². The second kappa shape index (κ2) is 5.46. The Morgan fingerprint density at radius 1 is 1.39 bits per heavy atom. The Kier molecular flexibility index (Phi) is 3.94. The van der Waals surface area contributed by atoms with Crippen molar-refractivity contribution in [1.29, 1.82) is 0 Å². The van der Waals surface area contributed by atoms with Gasteiger partial charge >= 0.3 is 0 Å². The summed E-state index contributed by atoms with van der Waals surface area (Å²) in [5.74, 6) is 0. The smallest absolute Gasteiger partial charge is 0.0825 e. The van der Waals surface area contributed by atoms with Gasteiger partial charge in [0.25, 0.3) is 0 Å². The molecule has 3 nitrogen and oxygen atoms in total. The standard InChI is InChI=1S/C15H20N2O/c1-5-14-11(3)16-7-12(15(14)6-2)8-17-9-13(10-17)18-4/h5-7,13H,1-2,8-10H2,3-4H3. The second-order valence-electron chi connectivity index (χ2n) is 4.66. The van der Waals surface area contributed by atoms with Crippen LogP contribution in [-0.4, -0.2) is 36.2 Å². The summed E-state index contributed by atoms with van der Waals surface area (Å²) >= 11 is 0. The minimum Gasteiger partial charge on any atom is -0.379 e. The summed E-state index contributed by atoms with van der Waals surface area (Å²) in [7, 11) is 1.76. The minimum absolute atomic E-state index is 0.384. The van der Waals surface area contributed by atoms with E-state index in [2.05, 4.69) is 23.0 Å². The molecule has 1 aromatic rings. The minimum atomic E-state index is 0.384. The van der Waals surface area contributed by atoms with E-state index in [1.165, 1.54) is 5.56 Å². The summed E-state index contributed by atoms with van der Waals surface area (Å²) in [5.41, 5.74) is 4.45. The molecular weight excluding hydrogens is 224 g/mol. The van der Waals surface area contributed by atoms with Gasteiger partial charge in [0.05, 0.1) is 6.10 Å². The fourth-order valence-corrected chi connectivity index (χ4v) is 2.35. The molecule has 0 aromatic carbocycles. The third-order valence-electron chi connectivity index (χ3n) is 3.50. The number of nitrogens with zero attached hydrogens (tertiary/aromatic N) is 2. The Balaban J connectivity index is 2.18. The van der Waals surface area contributed by atoms with Crippen molar-refractivity contribution >= 4 is 12.2 Å². The Morgan fingerprint density at radius 3 is 2.61 bits per heavy atom. The zero-order chi connectivity index (χ0) is 13.1.